The summed E-state index contributed by atoms with van der Waals surface area (Å²) in [5.41, 5.74) is 0.465. The molecule has 0 unspecified atom stereocenters. The van der Waals surface area contributed by atoms with Crippen LogP contribution in [0.15, 0.2) is 9.24 Å². The maximum absolute atomic E-state index is 8.41. The Morgan fingerprint density at radius 3 is 2.09 bits per heavy atom. The predicted octanol–water partition coefficient (Wildman–Crippen LogP) is 0.295. The number of thiol groups is 2. The molecule has 0 saturated heterocycles. The van der Waals surface area contributed by atoms with Gasteiger partial charge in [0.2, 0.25) is 0 Å². The molecule has 0 aliphatic carbocycles. The Kier molecular flexibility index (Phi) is 10.1. The zero-order valence-corrected chi connectivity index (χ0v) is 6.80. The van der Waals surface area contributed by atoms with Gasteiger partial charge in [0.15, 0.2) is 0 Å². The predicted molar refractivity (Wildman–Crippen MR) is 55.6 cm³/mol. The minimum absolute atomic E-state index is 0. The molecule has 0 aliphatic heterocycles. The number of rotatable bonds is 0. The normalized spacial score (nSPS) is 7.36. The Bertz CT molecular complexity index is 247. The SMILES string of the molecule is N#Cc1c(S)nsc1S.[NaH].[NaH]. The Balaban J connectivity index is 0. The first-order chi connectivity index (χ1) is 4.25. The van der Waals surface area contributed by atoms with Gasteiger partial charge in [0.1, 0.15) is 16.7 Å². The molecule has 0 fully saturated rings. The average Bonchev–Trinajstić information content (AvgIpc) is 2.12. The third-order valence-electron chi connectivity index (χ3n) is 0.768. The second-order valence-electron chi connectivity index (χ2n) is 1.30. The molecular weight excluding hydrogens is 218 g/mol. The third-order valence-corrected chi connectivity index (χ3v) is 2.35. The van der Waals surface area contributed by atoms with Crippen molar-refractivity contribution in [2.45, 2.75) is 9.24 Å². The summed E-state index contributed by atoms with van der Waals surface area (Å²) in [6.07, 6.45) is 0. The summed E-state index contributed by atoms with van der Waals surface area (Å²) >= 11 is 9.08. The summed E-state index contributed by atoms with van der Waals surface area (Å²) in [5, 5.41) is 8.87. The number of nitriles is 1. The van der Waals surface area contributed by atoms with E-state index in [1.165, 1.54) is 11.5 Å². The van der Waals surface area contributed by atoms with E-state index in [1.54, 1.807) is 0 Å². The van der Waals surface area contributed by atoms with Crippen molar-refractivity contribution in [1.29, 1.82) is 5.26 Å². The first kappa shape index (κ1) is 15.3. The number of hydrogen-bond acceptors (Lipinski definition) is 5. The molecule has 0 aliphatic rings. The van der Waals surface area contributed by atoms with Crippen molar-refractivity contribution in [1.82, 2.24) is 4.37 Å². The van der Waals surface area contributed by atoms with Gasteiger partial charge in [-0.2, -0.15) is 9.64 Å². The standard InChI is InChI=1S/C4H2N2S3.2Na.2H/c5-1-2-3(7)6-9-4(2)8;;;;/h8H,(H,6,7);;;;. The second kappa shape index (κ2) is 7.25. The summed E-state index contributed by atoms with van der Waals surface area (Å²) in [6, 6.07) is 1.94. The molecule has 7 heteroatoms. The molecule has 1 heterocycles. The van der Waals surface area contributed by atoms with Gasteiger partial charge < -0.3 is 0 Å². The molecule has 1 aromatic heterocycles. The van der Waals surface area contributed by atoms with E-state index < -0.39 is 0 Å². The summed E-state index contributed by atoms with van der Waals surface area (Å²) in [5.74, 6) is 0. The Morgan fingerprint density at radius 1 is 1.36 bits per heavy atom. The van der Waals surface area contributed by atoms with Crippen LogP contribution in [0.5, 0.6) is 0 Å². The molecule has 0 radical (unpaired) electrons. The maximum atomic E-state index is 8.41. The van der Waals surface area contributed by atoms with Gasteiger partial charge in [-0.3, -0.25) is 0 Å². The number of hydrogen-bond donors (Lipinski definition) is 2. The monoisotopic (exact) mass is 222 g/mol. The molecule has 0 spiro atoms. The van der Waals surface area contributed by atoms with Crippen LogP contribution in [0.3, 0.4) is 0 Å². The van der Waals surface area contributed by atoms with Crippen molar-refractivity contribution >= 4 is 95.9 Å². The van der Waals surface area contributed by atoms with E-state index in [0.29, 0.717) is 14.8 Å². The van der Waals surface area contributed by atoms with E-state index in [2.05, 4.69) is 29.6 Å². The van der Waals surface area contributed by atoms with Crippen LogP contribution in [-0.2, 0) is 0 Å². The molecule has 1 rings (SSSR count). The van der Waals surface area contributed by atoms with Crippen LogP contribution in [0.25, 0.3) is 0 Å². The molecule has 0 atom stereocenters. The second-order valence-corrected chi connectivity index (χ2v) is 3.24. The van der Waals surface area contributed by atoms with Crippen LogP contribution in [0.4, 0.5) is 0 Å². The van der Waals surface area contributed by atoms with E-state index in [0.717, 1.165) is 0 Å². The minimum atomic E-state index is 0. The van der Waals surface area contributed by atoms with E-state index >= 15 is 0 Å². The number of aromatic nitrogens is 1. The van der Waals surface area contributed by atoms with E-state index in [-0.39, 0.29) is 59.1 Å². The van der Waals surface area contributed by atoms with Gasteiger partial charge in [0.05, 0.1) is 4.21 Å². The summed E-state index contributed by atoms with van der Waals surface area (Å²) in [6.45, 7) is 0. The van der Waals surface area contributed by atoms with Gasteiger partial charge in [-0.15, -0.1) is 25.3 Å². The molecule has 0 N–H and O–H groups in total. The van der Waals surface area contributed by atoms with Crippen LogP contribution < -0.4 is 0 Å². The average molecular weight is 222 g/mol. The quantitative estimate of drug-likeness (QED) is 0.489. The van der Waals surface area contributed by atoms with E-state index in [9.17, 15) is 0 Å². The van der Waals surface area contributed by atoms with Crippen molar-refractivity contribution in [3.8, 4) is 6.07 Å². The molecular formula is C4H4N2Na2S3. The molecule has 2 nitrogen and oxygen atoms in total. The zero-order chi connectivity index (χ0) is 6.85. The van der Waals surface area contributed by atoms with Crippen LogP contribution >= 0.6 is 36.8 Å². The first-order valence-corrected chi connectivity index (χ1v) is 3.70. The Hall–Kier alpha value is 1.82. The first-order valence-electron chi connectivity index (χ1n) is 2.03. The van der Waals surface area contributed by atoms with Crippen molar-refractivity contribution in [2.75, 3.05) is 0 Å². The van der Waals surface area contributed by atoms with Gasteiger partial charge in [-0.05, 0) is 11.5 Å². The molecule has 0 aromatic carbocycles. The molecule has 0 saturated carbocycles. The molecule has 50 valence electrons. The van der Waals surface area contributed by atoms with Crippen LogP contribution in [0.2, 0.25) is 0 Å². The van der Waals surface area contributed by atoms with Crippen LogP contribution in [0.1, 0.15) is 5.56 Å². The summed E-state index contributed by atoms with van der Waals surface area (Å²) < 4.78 is 4.42. The summed E-state index contributed by atoms with van der Waals surface area (Å²) in [4.78, 5) is 0. The fourth-order valence-corrected chi connectivity index (χ4v) is 1.60. The van der Waals surface area contributed by atoms with Crippen molar-refractivity contribution in [3.63, 3.8) is 0 Å². The molecule has 11 heavy (non-hydrogen) atoms. The van der Waals surface area contributed by atoms with Crippen molar-refractivity contribution in [3.05, 3.63) is 5.56 Å². The van der Waals surface area contributed by atoms with Gasteiger partial charge in [0.25, 0.3) is 0 Å². The summed E-state index contributed by atoms with van der Waals surface area (Å²) in [7, 11) is 0. The number of nitrogens with zero attached hydrogens (tertiary/aromatic N) is 2. The van der Waals surface area contributed by atoms with Gasteiger partial charge in [-0.1, -0.05) is 0 Å². The van der Waals surface area contributed by atoms with Crippen molar-refractivity contribution in [2.24, 2.45) is 0 Å². The topological polar surface area (TPSA) is 36.7 Å². The molecule has 1 aromatic rings. The molecule has 0 bridgehead atoms. The Labute approximate surface area is 124 Å². The van der Waals surface area contributed by atoms with Gasteiger partial charge >= 0.3 is 59.1 Å². The zero-order valence-electron chi connectivity index (χ0n) is 4.20. The fraction of sp³-hybridized carbons (Fsp3) is 0. The Morgan fingerprint density at radius 2 is 1.91 bits per heavy atom. The fourth-order valence-electron chi connectivity index (χ4n) is 0.371. The van der Waals surface area contributed by atoms with Crippen LogP contribution in [-0.4, -0.2) is 63.5 Å². The van der Waals surface area contributed by atoms with E-state index in [4.69, 9.17) is 5.26 Å². The third kappa shape index (κ3) is 4.03. The van der Waals surface area contributed by atoms with Gasteiger partial charge in [-0.25, -0.2) is 0 Å². The van der Waals surface area contributed by atoms with E-state index in [1.807, 2.05) is 6.07 Å². The van der Waals surface area contributed by atoms with Gasteiger partial charge in [0, 0.05) is 0 Å². The van der Waals surface area contributed by atoms with Crippen LogP contribution in [0, 0.1) is 11.3 Å². The van der Waals surface area contributed by atoms with Crippen molar-refractivity contribution < 1.29 is 0 Å². The molecule has 0 amide bonds.